The summed E-state index contributed by atoms with van der Waals surface area (Å²) in [5, 5.41) is 24.6. The molecule has 8 bridgehead atoms. The van der Waals surface area contributed by atoms with Crippen LogP contribution < -0.4 is 16.0 Å². The van der Waals surface area contributed by atoms with Gasteiger partial charge in [-0.25, -0.2) is 4.99 Å². The molecule has 5 rings (SSSR count). The Balaban J connectivity index is 1.79. The van der Waals surface area contributed by atoms with Crippen LogP contribution in [0.25, 0.3) is 12.2 Å². The second-order valence-electron chi connectivity index (χ2n) is 10.6. The minimum atomic E-state index is -0.975. The van der Waals surface area contributed by atoms with Crippen LogP contribution in [0, 0.1) is 0 Å². The minimum Gasteiger partial charge on any atom is -0.481 e. The molecule has 1 aromatic rings. The maximum atomic E-state index is 11.8. The molecule has 0 aromatic carbocycles. The summed E-state index contributed by atoms with van der Waals surface area (Å²) in [6.45, 7) is 8.04. The monoisotopic (exact) mass is 512 g/mol. The Hall–Kier alpha value is -4.20. The SMILES string of the molecule is CC1=CC2(C)C=C3C=CC(=N3)C=c3ccc([nH]3)=CC3=NC(CCC(=O)O)(C(C)=C1N2)C(CCC(=O)O)=C3C. The van der Waals surface area contributed by atoms with Crippen molar-refractivity contribution in [3.63, 3.8) is 0 Å². The summed E-state index contributed by atoms with van der Waals surface area (Å²) in [7, 11) is 0. The summed E-state index contributed by atoms with van der Waals surface area (Å²) >= 11 is 0. The lowest BCUT2D eigenvalue weighted by Crippen LogP contribution is -2.37. The second kappa shape index (κ2) is 9.28. The number of aliphatic imine (C=N–C) groups is 2. The number of carboxylic acid groups (broad SMARTS) is 2. The molecule has 2 atom stereocenters. The van der Waals surface area contributed by atoms with Crippen LogP contribution in [0.3, 0.4) is 0 Å². The average Bonchev–Trinajstić information content (AvgIpc) is 3.59. The number of hydrogen-bond donors (Lipinski definition) is 4. The van der Waals surface area contributed by atoms with E-state index in [-0.39, 0.29) is 25.7 Å². The number of carbonyl (C=O) groups is 2. The van der Waals surface area contributed by atoms with Gasteiger partial charge in [-0.2, -0.15) is 0 Å². The molecule has 0 saturated carbocycles. The van der Waals surface area contributed by atoms with Crippen LogP contribution >= 0.6 is 0 Å². The summed E-state index contributed by atoms with van der Waals surface area (Å²) in [6, 6.07) is 3.94. The molecule has 8 heteroatoms. The van der Waals surface area contributed by atoms with Crippen LogP contribution in [0.4, 0.5) is 0 Å². The Morgan fingerprint density at radius 2 is 1.68 bits per heavy atom. The molecule has 0 fully saturated rings. The van der Waals surface area contributed by atoms with Crippen molar-refractivity contribution in [2.24, 2.45) is 9.98 Å². The number of H-pyrrole nitrogens is 1. The van der Waals surface area contributed by atoms with Gasteiger partial charge in [-0.3, -0.25) is 14.6 Å². The average molecular weight is 513 g/mol. The van der Waals surface area contributed by atoms with Gasteiger partial charge < -0.3 is 20.5 Å². The second-order valence-corrected chi connectivity index (χ2v) is 10.6. The molecular formula is C30H32N4O4. The Bertz CT molecular complexity index is 1590. The lowest BCUT2D eigenvalue weighted by atomic mass is 9.76. The van der Waals surface area contributed by atoms with E-state index in [9.17, 15) is 19.8 Å². The summed E-state index contributed by atoms with van der Waals surface area (Å²) in [5.74, 6) is -1.82. The third-order valence-corrected chi connectivity index (χ3v) is 7.69. The molecule has 0 amide bonds. The van der Waals surface area contributed by atoms with Crippen LogP contribution in [-0.2, 0) is 9.59 Å². The van der Waals surface area contributed by atoms with Crippen LogP contribution in [0.5, 0.6) is 0 Å². The van der Waals surface area contributed by atoms with Crippen LogP contribution in [-0.4, -0.2) is 49.6 Å². The van der Waals surface area contributed by atoms with E-state index in [2.05, 4.69) is 29.4 Å². The van der Waals surface area contributed by atoms with Gasteiger partial charge in [-0.05, 0) is 105 Å². The molecule has 0 radical (unpaired) electrons. The molecule has 2 unspecified atom stereocenters. The zero-order chi connectivity index (χ0) is 27.2. The number of carboxylic acids is 2. The summed E-state index contributed by atoms with van der Waals surface area (Å²) in [6.07, 6.45) is 12.5. The fourth-order valence-corrected chi connectivity index (χ4v) is 5.95. The van der Waals surface area contributed by atoms with Crippen molar-refractivity contribution in [1.29, 1.82) is 0 Å². The van der Waals surface area contributed by atoms with E-state index < -0.39 is 23.0 Å². The fourth-order valence-electron chi connectivity index (χ4n) is 5.95. The molecule has 5 heterocycles. The third-order valence-electron chi connectivity index (χ3n) is 7.69. The highest BCUT2D eigenvalue weighted by molar-refractivity contribution is 6.22. The van der Waals surface area contributed by atoms with E-state index >= 15 is 0 Å². The molecule has 4 N–H and O–H groups in total. The number of allylic oxidation sites excluding steroid dienone is 4. The van der Waals surface area contributed by atoms with Gasteiger partial charge in [0.25, 0.3) is 0 Å². The molecule has 196 valence electrons. The van der Waals surface area contributed by atoms with Gasteiger partial charge in [-0.1, -0.05) is 6.08 Å². The Kier molecular flexibility index (Phi) is 6.21. The topological polar surface area (TPSA) is 127 Å². The maximum Gasteiger partial charge on any atom is 0.303 e. The standard InChI is InChI=1S/C30H32N4O4/c1-17-15-29(4)16-23-8-7-21(32-23)13-20-5-6-22(31-20)14-25-18(2)24(9-10-26(35)36)30(33-25,12-11-27(37)38)19(3)28(17)34-29/h5-8,13-16,31,34H,9-12H2,1-4H3,(H,35,36)(H,37,38). The smallest absolute Gasteiger partial charge is 0.303 e. The predicted molar refractivity (Wildman–Crippen MR) is 148 cm³/mol. The van der Waals surface area contributed by atoms with Gasteiger partial charge in [0.15, 0.2) is 0 Å². The van der Waals surface area contributed by atoms with E-state index in [4.69, 9.17) is 9.98 Å². The number of aliphatic carboxylic acids is 2. The molecule has 38 heavy (non-hydrogen) atoms. The molecule has 0 aliphatic carbocycles. The lowest BCUT2D eigenvalue weighted by molar-refractivity contribution is -0.138. The fraction of sp³-hybridized carbons (Fsp3) is 0.333. The van der Waals surface area contributed by atoms with Gasteiger partial charge in [0, 0.05) is 29.2 Å². The van der Waals surface area contributed by atoms with Crippen molar-refractivity contribution >= 4 is 35.5 Å². The number of nitrogens with zero attached hydrogens (tertiary/aromatic N) is 2. The van der Waals surface area contributed by atoms with Crippen LogP contribution in [0.1, 0.15) is 53.4 Å². The first-order chi connectivity index (χ1) is 18.0. The van der Waals surface area contributed by atoms with Crippen molar-refractivity contribution in [1.82, 2.24) is 10.3 Å². The van der Waals surface area contributed by atoms with Crippen molar-refractivity contribution in [2.45, 2.75) is 64.5 Å². The first-order valence-corrected chi connectivity index (χ1v) is 12.8. The number of fused-ring (bicyclic) bond motifs is 6. The van der Waals surface area contributed by atoms with E-state index in [0.29, 0.717) is 0 Å². The van der Waals surface area contributed by atoms with Crippen molar-refractivity contribution in [3.05, 3.63) is 80.8 Å². The van der Waals surface area contributed by atoms with Gasteiger partial charge in [-0.15, -0.1) is 0 Å². The lowest BCUT2D eigenvalue weighted by Gasteiger charge is -2.34. The molecule has 8 nitrogen and oxygen atoms in total. The van der Waals surface area contributed by atoms with Crippen molar-refractivity contribution < 1.29 is 19.8 Å². The minimum absolute atomic E-state index is 0.0625. The number of hydrogen-bond acceptors (Lipinski definition) is 5. The molecular weight excluding hydrogens is 480 g/mol. The highest BCUT2D eigenvalue weighted by Gasteiger charge is 2.44. The Labute approximate surface area is 221 Å². The van der Waals surface area contributed by atoms with E-state index in [1.165, 1.54) is 0 Å². The molecule has 4 aliphatic rings. The van der Waals surface area contributed by atoms with Gasteiger partial charge in [0.2, 0.25) is 0 Å². The summed E-state index contributed by atoms with van der Waals surface area (Å²) < 4.78 is 0. The van der Waals surface area contributed by atoms with Crippen molar-refractivity contribution in [3.8, 4) is 0 Å². The Morgan fingerprint density at radius 1 is 0.974 bits per heavy atom. The number of aromatic nitrogens is 1. The quantitative estimate of drug-likeness (QED) is 0.465. The number of aromatic amines is 1. The zero-order valence-electron chi connectivity index (χ0n) is 22.1. The summed E-state index contributed by atoms with van der Waals surface area (Å²) in [5.41, 5.74) is 5.48. The van der Waals surface area contributed by atoms with Crippen LogP contribution in [0.15, 0.2) is 80.1 Å². The zero-order valence-corrected chi connectivity index (χ0v) is 22.1. The van der Waals surface area contributed by atoms with Crippen LogP contribution in [0.2, 0.25) is 0 Å². The highest BCUT2D eigenvalue weighted by atomic mass is 16.4. The molecule has 0 saturated heterocycles. The number of nitrogens with one attached hydrogen (secondary N) is 2. The molecule has 1 aromatic heterocycles. The predicted octanol–water partition coefficient (Wildman–Crippen LogP) is 3.31. The largest absolute Gasteiger partial charge is 0.481 e. The van der Waals surface area contributed by atoms with E-state index in [1.54, 1.807) is 0 Å². The highest BCUT2D eigenvalue weighted by Crippen LogP contribution is 2.46. The first kappa shape index (κ1) is 25.4. The Morgan fingerprint density at radius 3 is 2.39 bits per heavy atom. The normalized spacial score (nSPS) is 25.8. The van der Waals surface area contributed by atoms with E-state index in [1.807, 2.05) is 57.2 Å². The molecule has 0 spiro atoms. The first-order valence-electron chi connectivity index (χ1n) is 12.8. The van der Waals surface area contributed by atoms with Crippen molar-refractivity contribution in [2.75, 3.05) is 0 Å². The summed E-state index contributed by atoms with van der Waals surface area (Å²) in [4.78, 5) is 36.8. The van der Waals surface area contributed by atoms with E-state index in [0.717, 1.165) is 55.8 Å². The third kappa shape index (κ3) is 4.62. The number of rotatable bonds is 6. The molecule has 4 aliphatic heterocycles. The van der Waals surface area contributed by atoms with Gasteiger partial charge in [0.05, 0.1) is 22.7 Å². The van der Waals surface area contributed by atoms with Gasteiger partial charge >= 0.3 is 11.9 Å². The van der Waals surface area contributed by atoms with Gasteiger partial charge in [0.1, 0.15) is 5.54 Å². The maximum absolute atomic E-state index is 11.8.